The van der Waals surface area contributed by atoms with Gasteiger partial charge >= 0.3 is 0 Å². The lowest BCUT2D eigenvalue weighted by Crippen LogP contribution is -2.53. The van der Waals surface area contributed by atoms with Crippen molar-refractivity contribution in [1.82, 2.24) is 10.2 Å². The van der Waals surface area contributed by atoms with E-state index in [9.17, 15) is 9.59 Å². The minimum atomic E-state index is -0.513. The number of nitrogens with one attached hydrogen (secondary N) is 1. The Kier molecular flexibility index (Phi) is 9.30. The normalized spacial score (nSPS) is 12.2. The van der Waals surface area contributed by atoms with Crippen molar-refractivity contribution in [3.05, 3.63) is 65.2 Å². The van der Waals surface area contributed by atoms with E-state index in [4.69, 9.17) is 4.74 Å². The van der Waals surface area contributed by atoms with Crippen LogP contribution in [0, 0.1) is 13.8 Å². The predicted octanol–water partition coefficient (Wildman–Crippen LogP) is 5.18. The zero-order valence-electron chi connectivity index (χ0n) is 20.4. The quantitative estimate of drug-likeness (QED) is 0.520. The number of aryl methyl sites for hydroxylation is 2. The molecule has 0 aliphatic heterocycles. The molecular formula is C27H38N2O3. The second kappa shape index (κ2) is 11.7. The molecule has 1 N–H and O–H groups in total. The summed E-state index contributed by atoms with van der Waals surface area (Å²) in [5, 5.41) is 3.04. The van der Waals surface area contributed by atoms with Gasteiger partial charge in [0.25, 0.3) is 0 Å². The summed E-state index contributed by atoms with van der Waals surface area (Å²) in [6, 6.07) is 15.5. The molecule has 0 aromatic heterocycles. The van der Waals surface area contributed by atoms with Crippen LogP contribution in [0.25, 0.3) is 0 Å². The zero-order chi connectivity index (χ0) is 23.7. The number of amides is 2. The summed E-state index contributed by atoms with van der Waals surface area (Å²) in [7, 11) is 0. The summed E-state index contributed by atoms with van der Waals surface area (Å²) >= 11 is 0. The van der Waals surface area contributed by atoms with Crippen LogP contribution in [0.15, 0.2) is 48.5 Å². The molecule has 0 unspecified atom stereocenters. The summed E-state index contributed by atoms with van der Waals surface area (Å²) in [5.41, 5.74) is 3.00. The molecule has 0 bridgehead atoms. The highest BCUT2D eigenvalue weighted by Crippen LogP contribution is 2.17. The van der Waals surface area contributed by atoms with Crippen molar-refractivity contribution in [2.45, 2.75) is 78.9 Å². The van der Waals surface area contributed by atoms with Crippen molar-refractivity contribution in [1.29, 1.82) is 0 Å². The van der Waals surface area contributed by atoms with Crippen molar-refractivity contribution in [2.24, 2.45) is 0 Å². The van der Waals surface area contributed by atoms with E-state index in [1.165, 1.54) is 5.56 Å². The molecule has 0 heterocycles. The van der Waals surface area contributed by atoms with Gasteiger partial charge in [0.05, 0.1) is 6.61 Å². The predicted molar refractivity (Wildman–Crippen MR) is 130 cm³/mol. The lowest BCUT2D eigenvalue weighted by Gasteiger charge is -2.33. The van der Waals surface area contributed by atoms with Gasteiger partial charge in [-0.2, -0.15) is 0 Å². The highest BCUT2D eigenvalue weighted by molar-refractivity contribution is 5.88. The van der Waals surface area contributed by atoms with E-state index in [1.807, 2.05) is 90.1 Å². The molecule has 0 saturated carbocycles. The molecule has 0 spiro atoms. The fourth-order valence-electron chi connectivity index (χ4n) is 3.45. The van der Waals surface area contributed by atoms with Crippen LogP contribution in [0.1, 0.15) is 63.6 Å². The molecule has 32 heavy (non-hydrogen) atoms. The average molecular weight is 439 g/mol. The summed E-state index contributed by atoms with van der Waals surface area (Å²) in [5.74, 6) is 0.654. The van der Waals surface area contributed by atoms with Crippen molar-refractivity contribution in [2.75, 3.05) is 6.61 Å². The van der Waals surface area contributed by atoms with Crippen LogP contribution < -0.4 is 10.1 Å². The number of nitrogens with zero attached hydrogens (tertiary/aromatic N) is 1. The number of hydrogen-bond acceptors (Lipinski definition) is 3. The van der Waals surface area contributed by atoms with Crippen LogP contribution in [-0.4, -0.2) is 34.9 Å². The molecule has 0 radical (unpaired) electrons. The van der Waals surface area contributed by atoms with Gasteiger partial charge in [0.2, 0.25) is 11.8 Å². The second-order valence-electron chi connectivity index (χ2n) is 9.44. The Hall–Kier alpha value is -2.82. The van der Waals surface area contributed by atoms with Crippen LogP contribution >= 0.6 is 0 Å². The number of carbonyl (C=O) groups is 2. The number of hydrogen-bond donors (Lipinski definition) is 1. The van der Waals surface area contributed by atoms with Gasteiger partial charge < -0.3 is 15.0 Å². The third-order valence-electron chi connectivity index (χ3n) is 5.18. The molecule has 0 aliphatic rings. The third kappa shape index (κ3) is 8.37. The lowest BCUT2D eigenvalue weighted by molar-refractivity contribution is -0.142. The Morgan fingerprint density at radius 2 is 1.53 bits per heavy atom. The van der Waals surface area contributed by atoms with Crippen LogP contribution in [0.5, 0.6) is 5.75 Å². The van der Waals surface area contributed by atoms with Crippen molar-refractivity contribution in [3.8, 4) is 5.75 Å². The Morgan fingerprint density at radius 3 is 2.06 bits per heavy atom. The molecule has 174 valence electrons. The number of ether oxygens (including phenoxy) is 1. The van der Waals surface area contributed by atoms with Crippen LogP contribution in [-0.2, 0) is 16.1 Å². The van der Waals surface area contributed by atoms with Gasteiger partial charge in [-0.3, -0.25) is 9.59 Å². The molecule has 0 saturated heterocycles. The number of benzene rings is 2. The molecule has 2 amide bonds. The smallest absolute Gasteiger partial charge is 0.243 e. The van der Waals surface area contributed by atoms with Gasteiger partial charge in [-0.25, -0.2) is 0 Å². The Bertz CT molecular complexity index is 867. The maximum atomic E-state index is 13.2. The second-order valence-corrected chi connectivity index (χ2v) is 9.44. The molecule has 0 fully saturated rings. The van der Waals surface area contributed by atoms with E-state index in [0.717, 1.165) is 16.9 Å². The van der Waals surface area contributed by atoms with Gasteiger partial charge in [0, 0.05) is 18.5 Å². The van der Waals surface area contributed by atoms with Gasteiger partial charge in [-0.1, -0.05) is 54.4 Å². The van der Waals surface area contributed by atoms with Crippen LogP contribution in [0.3, 0.4) is 0 Å². The fourth-order valence-corrected chi connectivity index (χ4v) is 3.45. The summed E-state index contributed by atoms with van der Waals surface area (Å²) in [6.07, 6.45) is 1.48. The first-order chi connectivity index (χ1) is 15.1. The molecule has 5 nitrogen and oxygen atoms in total. The van der Waals surface area contributed by atoms with Crippen molar-refractivity contribution < 1.29 is 14.3 Å². The lowest BCUT2D eigenvalue weighted by atomic mass is 10.0. The molecule has 2 aromatic rings. The summed E-state index contributed by atoms with van der Waals surface area (Å²) < 4.78 is 5.77. The van der Waals surface area contributed by atoms with Crippen LogP contribution in [0.2, 0.25) is 0 Å². The summed E-state index contributed by atoms with van der Waals surface area (Å²) in [6.45, 7) is 12.7. The highest BCUT2D eigenvalue weighted by atomic mass is 16.5. The molecular weight excluding hydrogens is 400 g/mol. The van der Waals surface area contributed by atoms with E-state index in [1.54, 1.807) is 4.90 Å². The van der Waals surface area contributed by atoms with Crippen molar-refractivity contribution >= 4 is 11.8 Å². The Labute approximate surface area is 193 Å². The van der Waals surface area contributed by atoms with E-state index >= 15 is 0 Å². The molecule has 1 atom stereocenters. The van der Waals surface area contributed by atoms with Gasteiger partial charge in [-0.15, -0.1) is 0 Å². The van der Waals surface area contributed by atoms with E-state index in [0.29, 0.717) is 32.4 Å². The van der Waals surface area contributed by atoms with Gasteiger partial charge in [0.1, 0.15) is 11.8 Å². The van der Waals surface area contributed by atoms with Crippen molar-refractivity contribution in [3.63, 3.8) is 0 Å². The van der Waals surface area contributed by atoms with E-state index < -0.39 is 6.04 Å². The van der Waals surface area contributed by atoms with E-state index in [-0.39, 0.29) is 17.4 Å². The third-order valence-corrected chi connectivity index (χ3v) is 5.18. The minimum absolute atomic E-state index is 0.0333. The molecule has 5 heteroatoms. The molecule has 2 aromatic carbocycles. The molecule has 2 rings (SSSR count). The van der Waals surface area contributed by atoms with E-state index in [2.05, 4.69) is 5.32 Å². The monoisotopic (exact) mass is 438 g/mol. The molecule has 0 aliphatic carbocycles. The van der Waals surface area contributed by atoms with Crippen LogP contribution in [0.4, 0.5) is 0 Å². The topological polar surface area (TPSA) is 58.6 Å². The van der Waals surface area contributed by atoms with Gasteiger partial charge in [-0.05, 0) is 65.2 Å². The largest absolute Gasteiger partial charge is 0.494 e. The summed E-state index contributed by atoms with van der Waals surface area (Å²) in [4.78, 5) is 27.9. The Morgan fingerprint density at radius 1 is 0.969 bits per heavy atom. The first-order valence-electron chi connectivity index (χ1n) is 11.5. The van der Waals surface area contributed by atoms with Gasteiger partial charge in [0.15, 0.2) is 0 Å². The first kappa shape index (κ1) is 25.4. The first-order valence-corrected chi connectivity index (χ1v) is 11.5. The zero-order valence-corrected chi connectivity index (χ0v) is 20.4. The highest BCUT2D eigenvalue weighted by Gasteiger charge is 2.30. The number of carbonyl (C=O) groups excluding carboxylic acids is 2. The SMILES string of the molecule is CC[C@H](C(=O)NC(C)(C)C)N(Cc1ccc(C)cc1)C(=O)CCCOc1ccc(C)cc1. The Balaban J connectivity index is 2.07. The minimum Gasteiger partial charge on any atom is -0.494 e. The average Bonchev–Trinajstić information content (AvgIpc) is 2.72. The maximum absolute atomic E-state index is 13.2. The standard InChI is InChI=1S/C27H38N2O3/c1-7-24(26(31)28-27(4,5)6)29(19-22-14-10-20(2)11-15-22)25(30)9-8-18-32-23-16-12-21(3)13-17-23/h10-17,24H,7-9,18-19H2,1-6H3,(H,28,31)/t24-/m1/s1. The maximum Gasteiger partial charge on any atom is 0.243 e. The fraction of sp³-hybridized carbons (Fsp3) is 0.481. The number of rotatable bonds is 10.